The normalized spacial score (nSPS) is 27.1. The lowest BCUT2D eigenvalue weighted by Crippen LogP contribution is -2.66. The van der Waals surface area contributed by atoms with Gasteiger partial charge in [-0.05, 0) is 37.0 Å². The van der Waals surface area contributed by atoms with Gasteiger partial charge in [0.2, 0.25) is 0 Å². The summed E-state index contributed by atoms with van der Waals surface area (Å²) in [5.74, 6) is -2.15. The van der Waals surface area contributed by atoms with Crippen LogP contribution in [0.5, 0.6) is 0 Å². The van der Waals surface area contributed by atoms with E-state index in [-0.39, 0.29) is 6.04 Å². The van der Waals surface area contributed by atoms with Crippen molar-refractivity contribution in [2.45, 2.75) is 51.4 Å². The molecule has 128 valence electrons. The molecule has 0 aromatic heterocycles. The van der Waals surface area contributed by atoms with Crippen molar-refractivity contribution < 1.29 is 19.1 Å². The van der Waals surface area contributed by atoms with Crippen LogP contribution < -0.4 is 4.90 Å². The first-order valence-corrected chi connectivity index (χ1v) is 8.73. The Labute approximate surface area is 145 Å². The van der Waals surface area contributed by atoms with Gasteiger partial charge in [0.15, 0.2) is 5.41 Å². The fourth-order valence-corrected chi connectivity index (χ4v) is 4.42. The van der Waals surface area contributed by atoms with E-state index in [1.165, 1.54) is 0 Å². The van der Waals surface area contributed by atoms with Crippen LogP contribution in [0.2, 0.25) is 5.02 Å². The van der Waals surface area contributed by atoms with Gasteiger partial charge in [-0.15, -0.1) is 0 Å². The minimum absolute atomic E-state index is 0.242. The van der Waals surface area contributed by atoms with Crippen molar-refractivity contribution in [2.24, 2.45) is 5.41 Å². The van der Waals surface area contributed by atoms with Crippen LogP contribution in [0.4, 0.5) is 5.69 Å². The number of nitrogens with zero attached hydrogens (tertiary/aromatic N) is 1. The van der Waals surface area contributed by atoms with Crippen LogP contribution in [0.15, 0.2) is 18.2 Å². The molecule has 5 nitrogen and oxygen atoms in total. The number of halogens is 1. The number of benzene rings is 1. The molecule has 3 aliphatic rings. The first-order valence-electron chi connectivity index (χ1n) is 8.35. The topological polar surface area (TPSA) is 55.8 Å². The summed E-state index contributed by atoms with van der Waals surface area (Å²) in [6.07, 6.45) is 3.06. The first kappa shape index (κ1) is 15.8. The lowest BCUT2D eigenvalue weighted by atomic mass is 9.68. The van der Waals surface area contributed by atoms with Crippen LogP contribution >= 0.6 is 11.6 Å². The fourth-order valence-electron chi connectivity index (χ4n) is 4.25. The third kappa shape index (κ3) is 2.14. The van der Waals surface area contributed by atoms with E-state index < -0.39 is 23.1 Å². The van der Waals surface area contributed by atoms with Gasteiger partial charge in [0.1, 0.15) is 0 Å². The maximum Gasteiger partial charge on any atom is 0.329 e. The zero-order valence-electron chi connectivity index (χ0n) is 13.8. The van der Waals surface area contributed by atoms with Crippen molar-refractivity contribution in [3.8, 4) is 0 Å². The Kier molecular flexibility index (Phi) is 3.36. The van der Waals surface area contributed by atoms with E-state index in [2.05, 4.69) is 4.90 Å². The van der Waals surface area contributed by atoms with E-state index in [0.717, 1.165) is 37.1 Å². The molecule has 0 aliphatic carbocycles. The van der Waals surface area contributed by atoms with E-state index in [1.807, 2.05) is 12.1 Å². The molecule has 0 N–H and O–H groups in total. The second-order valence-electron chi connectivity index (χ2n) is 7.31. The first-order chi connectivity index (χ1) is 11.3. The zero-order chi connectivity index (χ0) is 17.1. The average molecular weight is 350 g/mol. The molecule has 0 radical (unpaired) electrons. The zero-order valence-corrected chi connectivity index (χ0v) is 14.6. The van der Waals surface area contributed by atoms with Gasteiger partial charge >= 0.3 is 11.9 Å². The molecule has 0 saturated carbocycles. The van der Waals surface area contributed by atoms with E-state index in [9.17, 15) is 9.59 Å². The molecule has 0 amide bonds. The molecule has 3 heterocycles. The smallest absolute Gasteiger partial charge is 0.329 e. The van der Waals surface area contributed by atoms with Gasteiger partial charge in [-0.1, -0.05) is 17.7 Å². The maximum atomic E-state index is 13.0. The average Bonchev–Trinajstić information content (AvgIpc) is 2.52. The highest BCUT2D eigenvalue weighted by Crippen LogP contribution is 2.49. The van der Waals surface area contributed by atoms with Crippen LogP contribution in [0.3, 0.4) is 0 Å². The fraction of sp³-hybridized carbons (Fsp3) is 0.556. The number of hydrogen-bond donors (Lipinski definition) is 0. The van der Waals surface area contributed by atoms with Gasteiger partial charge < -0.3 is 14.4 Å². The Morgan fingerprint density at radius 3 is 2.58 bits per heavy atom. The molecular formula is C18H20ClNO4. The molecule has 1 aromatic rings. The molecule has 0 bridgehead atoms. The number of esters is 2. The van der Waals surface area contributed by atoms with Crippen LogP contribution in [-0.2, 0) is 25.5 Å². The van der Waals surface area contributed by atoms with Crippen molar-refractivity contribution in [3.63, 3.8) is 0 Å². The van der Waals surface area contributed by atoms with Crippen LogP contribution in [-0.4, -0.2) is 30.3 Å². The van der Waals surface area contributed by atoms with E-state index in [1.54, 1.807) is 19.9 Å². The summed E-state index contributed by atoms with van der Waals surface area (Å²) in [5, 5.41) is 0.656. The Bertz CT molecular complexity index is 710. The standard InChI is InChI=1S/C18H20ClNO4/c1-17(2)23-15(21)18(16(22)24-17)10-11-6-7-12(19)9-13(11)20-8-4-3-5-14(18)20/h6-7,9,14H,3-5,8,10H2,1-2H3/t14-/m1/s1. The molecule has 1 spiro atoms. The van der Waals surface area contributed by atoms with Gasteiger partial charge in [0.25, 0.3) is 5.79 Å². The van der Waals surface area contributed by atoms with Crippen molar-refractivity contribution in [1.29, 1.82) is 0 Å². The summed E-state index contributed by atoms with van der Waals surface area (Å²) < 4.78 is 11.0. The lowest BCUT2D eigenvalue weighted by molar-refractivity contribution is -0.253. The highest BCUT2D eigenvalue weighted by molar-refractivity contribution is 6.30. The Balaban J connectivity index is 1.86. The Hall–Kier alpha value is -1.75. The van der Waals surface area contributed by atoms with Gasteiger partial charge in [-0.25, -0.2) is 0 Å². The molecule has 4 rings (SSSR count). The third-order valence-electron chi connectivity index (χ3n) is 5.30. The number of piperidine rings is 1. The van der Waals surface area contributed by atoms with Gasteiger partial charge in [0, 0.05) is 37.5 Å². The number of ether oxygens (including phenoxy) is 2. The predicted octanol–water partition coefficient (Wildman–Crippen LogP) is 3.08. The minimum atomic E-state index is -1.28. The number of carbonyl (C=O) groups excluding carboxylic acids is 2. The van der Waals surface area contributed by atoms with Crippen LogP contribution in [0.25, 0.3) is 0 Å². The molecule has 2 saturated heterocycles. The van der Waals surface area contributed by atoms with Crippen molar-refractivity contribution >= 4 is 29.2 Å². The summed E-state index contributed by atoms with van der Waals surface area (Å²) in [5.41, 5.74) is 0.672. The second kappa shape index (κ2) is 5.12. The largest absolute Gasteiger partial charge is 0.422 e. The van der Waals surface area contributed by atoms with Gasteiger partial charge in [-0.2, -0.15) is 0 Å². The molecule has 1 aromatic carbocycles. The van der Waals surface area contributed by atoms with E-state index >= 15 is 0 Å². The Morgan fingerprint density at radius 1 is 1.17 bits per heavy atom. The summed E-state index contributed by atoms with van der Waals surface area (Å²) in [4.78, 5) is 28.1. The van der Waals surface area contributed by atoms with Gasteiger partial charge in [-0.3, -0.25) is 9.59 Å². The molecule has 2 fully saturated rings. The number of cyclic esters (lactones) is 2. The minimum Gasteiger partial charge on any atom is -0.422 e. The summed E-state index contributed by atoms with van der Waals surface area (Å²) in [6, 6.07) is 5.37. The quantitative estimate of drug-likeness (QED) is 0.532. The lowest BCUT2D eigenvalue weighted by Gasteiger charge is -2.53. The van der Waals surface area contributed by atoms with E-state index in [4.69, 9.17) is 21.1 Å². The number of rotatable bonds is 0. The highest BCUT2D eigenvalue weighted by atomic mass is 35.5. The number of fused-ring (bicyclic) bond motifs is 4. The van der Waals surface area contributed by atoms with Crippen LogP contribution in [0, 0.1) is 5.41 Å². The SMILES string of the molecule is CC1(C)OC(=O)C2(Cc3ccc(Cl)cc3N3CCCC[C@@H]32)C(=O)O1. The summed E-state index contributed by atoms with van der Waals surface area (Å²) >= 11 is 6.17. The second-order valence-corrected chi connectivity index (χ2v) is 7.74. The molecule has 3 aliphatic heterocycles. The van der Waals surface area contributed by atoms with Crippen LogP contribution in [0.1, 0.15) is 38.7 Å². The molecule has 0 unspecified atom stereocenters. The highest BCUT2D eigenvalue weighted by Gasteiger charge is 2.64. The van der Waals surface area contributed by atoms with E-state index in [0.29, 0.717) is 11.4 Å². The summed E-state index contributed by atoms with van der Waals surface area (Å²) in [6.45, 7) is 3.97. The summed E-state index contributed by atoms with van der Waals surface area (Å²) in [7, 11) is 0. The maximum absolute atomic E-state index is 13.0. The number of hydrogen-bond acceptors (Lipinski definition) is 5. The molecule has 1 atom stereocenters. The molecule has 24 heavy (non-hydrogen) atoms. The van der Waals surface area contributed by atoms with Crippen molar-refractivity contribution in [3.05, 3.63) is 28.8 Å². The van der Waals surface area contributed by atoms with Crippen molar-refractivity contribution in [1.82, 2.24) is 0 Å². The monoisotopic (exact) mass is 349 g/mol. The number of carbonyl (C=O) groups is 2. The van der Waals surface area contributed by atoms with Crippen molar-refractivity contribution in [2.75, 3.05) is 11.4 Å². The third-order valence-corrected chi connectivity index (χ3v) is 5.54. The Morgan fingerprint density at radius 2 is 1.88 bits per heavy atom. The number of anilines is 1. The molecular weight excluding hydrogens is 330 g/mol. The predicted molar refractivity (Wildman–Crippen MR) is 88.8 cm³/mol. The molecule has 6 heteroatoms. The van der Waals surface area contributed by atoms with Gasteiger partial charge in [0.05, 0.1) is 6.04 Å².